The number of ether oxygens (including phenoxy) is 1. The van der Waals surface area contributed by atoms with Crippen LogP contribution in [-0.4, -0.2) is 50.7 Å². The molecule has 0 amide bonds. The summed E-state index contributed by atoms with van der Waals surface area (Å²) in [4.78, 5) is 14.0. The van der Waals surface area contributed by atoms with E-state index in [1.807, 2.05) is 13.8 Å². The predicted octanol–water partition coefficient (Wildman–Crippen LogP) is 1.51. The van der Waals surface area contributed by atoms with E-state index in [1.165, 1.54) is 33.0 Å². The van der Waals surface area contributed by atoms with Crippen molar-refractivity contribution in [2.45, 2.75) is 33.6 Å². The molecule has 0 spiro atoms. The molecule has 0 aromatic heterocycles. The minimum Gasteiger partial charge on any atom is -0.469 e. The first kappa shape index (κ1) is 15.4. The van der Waals surface area contributed by atoms with E-state index >= 15 is 0 Å². The Balaban J connectivity index is 2.20. The molecule has 0 unspecified atom stereocenters. The summed E-state index contributed by atoms with van der Waals surface area (Å²) in [6.07, 6.45) is 2.53. The van der Waals surface area contributed by atoms with Crippen LogP contribution >= 0.6 is 0 Å². The molecule has 0 radical (unpaired) electrons. The Morgan fingerprint density at radius 2 is 2.00 bits per heavy atom. The van der Waals surface area contributed by atoms with Crippen LogP contribution in [0.25, 0.3) is 0 Å². The number of hydrogen-bond acceptors (Lipinski definition) is 4. The van der Waals surface area contributed by atoms with Crippen LogP contribution in [0.3, 0.4) is 0 Å². The van der Waals surface area contributed by atoms with Crippen LogP contribution in [0.15, 0.2) is 0 Å². The highest BCUT2D eigenvalue weighted by Gasteiger charge is 2.28. The van der Waals surface area contributed by atoms with E-state index in [0.29, 0.717) is 6.54 Å². The lowest BCUT2D eigenvalue weighted by molar-refractivity contribution is -0.150. The first-order valence-electron chi connectivity index (χ1n) is 7.01. The Morgan fingerprint density at radius 3 is 2.50 bits per heavy atom. The van der Waals surface area contributed by atoms with Gasteiger partial charge in [-0.1, -0.05) is 6.92 Å². The van der Waals surface area contributed by atoms with Gasteiger partial charge in [0.2, 0.25) is 0 Å². The number of rotatable bonds is 6. The van der Waals surface area contributed by atoms with Crippen molar-refractivity contribution >= 4 is 5.97 Å². The summed E-state index contributed by atoms with van der Waals surface area (Å²) in [5.41, 5.74) is -0.432. The molecule has 1 saturated heterocycles. The smallest absolute Gasteiger partial charge is 0.312 e. The second-order valence-electron chi connectivity index (χ2n) is 5.88. The number of likely N-dealkylation sites (tertiary alicyclic amines) is 1. The van der Waals surface area contributed by atoms with Gasteiger partial charge in [0.1, 0.15) is 0 Å². The Bertz CT molecular complexity index is 259. The van der Waals surface area contributed by atoms with Gasteiger partial charge in [0.05, 0.1) is 12.5 Å². The van der Waals surface area contributed by atoms with Gasteiger partial charge in [0.25, 0.3) is 0 Å². The summed E-state index contributed by atoms with van der Waals surface area (Å²) in [5, 5.41) is 3.42. The molecule has 0 aromatic rings. The van der Waals surface area contributed by atoms with Crippen LogP contribution in [0.1, 0.15) is 33.6 Å². The maximum Gasteiger partial charge on any atom is 0.312 e. The molecule has 4 heteroatoms. The van der Waals surface area contributed by atoms with E-state index in [-0.39, 0.29) is 5.97 Å². The second kappa shape index (κ2) is 7.10. The van der Waals surface area contributed by atoms with Gasteiger partial charge in [0, 0.05) is 6.54 Å². The quantitative estimate of drug-likeness (QED) is 0.731. The molecule has 1 heterocycles. The minimum atomic E-state index is -0.432. The third-order valence-electron chi connectivity index (χ3n) is 3.89. The van der Waals surface area contributed by atoms with Crippen molar-refractivity contribution in [2.75, 3.05) is 39.8 Å². The summed E-state index contributed by atoms with van der Waals surface area (Å²) in [6.45, 7) is 11.3. The zero-order valence-electron chi connectivity index (χ0n) is 12.3. The number of carbonyl (C=O) groups is 1. The largest absolute Gasteiger partial charge is 0.469 e. The molecule has 18 heavy (non-hydrogen) atoms. The number of nitrogens with one attached hydrogen (secondary N) is 1. The summed E-state index contributed by atoms with van der Waals surface area (Å²) < 4.78 is 4.80. The highest BCUT2D eigenvalue weighted by atomic mass is 16.5. The number of piperidine rings is 1. The topological polar surface area (TPSA) is 41.6 Å². The fraction of sp³-hybridized carbons (Fsp3) is 0.929. The van der Waals surface area contributed by atoms with Crippen molar-refractivity contribution < 1.29 is 9.53 Å². The van der Waals surface area contributed by atoms with E-state index in [0.717, 1.165) is 19.0 Å². The standard InChI is InChI=1S/C14H28N2O2/c1-5-16-8-6-12(7-9-16)10-15-11-14(2,3)13(17)18-4/h12,15H,5-11H2,1-4H3. The summed E-state index contributed by atoms with van der Waals surface area (Å²) in [6, 6.07) is 0. The van der Waals surface area contributed by atoms with Crippen LogP contribution in [-0.2, 0) is 9.53 Å². The van der Waals surface area contributed by atoms with E-state index in [2.05, 4.69) is 17.1 Å². The molecule has 0 aromatic carbocycles. The van der Waals surface area contributed by atoms with Crippen molar-refractivity contribution in [3.63, 3.8) is 0 Å². The van der Waals surface area contributed by atoms with Crippen molar-refractivity contribution in [1.82, 2.24) is 10.2 Å². The lowest BCUT2D eigenvalue weighted by Crippen LogP contribution is -2.41. The van der Waals surface area contributed by atoms with Crippen LogP contribution in [0.2, 0.25) is 0 Å². The second-order valence-corrected chi connectivity index (χ2v) is 5.88. The number of nitrogens with zero attached hydrogens (tertiary/aromatic N) is 1. The molecular weight excluding hydrogens is 228 g/mol. The Labute approximate surface area is 111 Å². The normalized spacial score (nSPS) is 18.9. The average Bonchev–Trinajstić information content (AvgIpc) is 2.38. The molecule has 0 atom stereocenters. The van der Waals surface area contributed by atoms with Gasteiger partial charge in [-0.3, -0.25) is 4.79 Å². The maximum absolute atomic E-state index is 11.5. The van der Waals surface area contributed by atoms with Crippen LogP contribution in [0, 0.1) is 11.3 Å². The van der Waals surface area contributed by atoms with Crippen LogP contribution in [0.5, 0.6) is 0 Å². The van der Waals surface area contributed by atoms with E-state index in [9.17, 15) is 4.79 Å². The fourth-order valence-electron chi connectivity index (χ4n) is 2.44. The van der Waals surface area contributed by atoms with Gasteiger partial charge in [-0.2, -0.15) is 0 Å². The number of esters is 1. The number of methoxy groups -OCH3 is 1. The predicted molar refractivity (Wildman–Crippen MR) is 73.5 cm³/mol. The van der Waals surface area contributed by atoms with Crippen molar-refractivity contribution in [3.8, 4) is 0 Å². The van der Waals surface area contributed by atoms with Gasteiger partial charge in [-0.15, -0.1) is 0 Å². The van der Waals surface area contributed by atoms with E-state index in [4.69, 9.17) is 4.74 Å². The average molecular weight is 256 g/mol. The molecular formula is C14H28N2O2. The third-order valence-corrected chi connectivity index (χ3v) is 3.89. The van der Waals surface area contributed by atoms with Crippen LogP contribution < -0.4 is 5.32 Å². The van der Waals surface area contributed by atoms with Gasteiger partial charge >= 0.3 is 5.97 Å². The Morgan fingerprint density at radius 1 is 1.39 bits per heavy atom. The van der Waals surface area contributed by atoms with Crippen molar-refractivity contribution in [3.05, 3.63) is 0 Å². The highest BCUT2D eigenvalue weighted by molar-refractivity contribution is 5.76. The monoisotopic (exact) mass is 256 g/mol. The minimum absolute atomic E-state index is 0.143. The first-order chi connectivity index (χ1) is 8.49. The summed E-state index contributed by atoms with van der Waals surface area (Å²) in [7, 11) is 1.45. The lowest BCUT2D eigenvalue weighted by atomic mass is 9.92. The molecule has 1 aliphatic heterocycles. The molecule has 4 nitrogen and oxygen atoms in total. The number of carbonyl (C=O) groups excluding carboxylic acids is 1. The summed E-state index contributed by atoms with van der Waals surface area (Å²) >= 11 is 0. The molecule has 0 aliphatic carbocycles. The maximum atomic E-state index is 11.5. The van der Waals surface area contributed by atoms with Crippen LogP contribution in [0.4, 0.5) is 0 Å². The highest BCUT2D eigenvalue weighted by Crippen LogP contribution is 2.18. The zero-order valence-corrected chi connectivity index (χ0v) is 12.3. The van der Waals surface area contributed by atoms with Gasteiger partial charge < -0.3 is 15.0 Å². The Hall–Kier alpha value is -0.610. The fourth-order valence-corrected chi connectivity index (χ4v) is 2.44. The van der Waals surface area contributed by atoms with Crippen molar-refractivity contribution in [2.24, 2.45) is 11.3 Å². The Kier molecular flexibility index (Phi) is 6.09. The lowest BCUT2D eigenvalue weighted by Gasteiger charge is -2.32. The molecule has 0 saturated carbocycles. The number of hydrogen-bond donors (Lipinski definition) is 1. The molecule has 106 valence electrons. The van der Waals surface area contributed by atoms with Gasteiger partial charge in [0.15, 0.2) is 0 Å². The SMILES string of the molecule is CCN1CCC(CNCC(C)(C)C(=O)OC)CC1. The molecule has 1 N–H and O–H groups in total. The van der Waals surface area contributed by atoms with E-state index < -0.39 is 5.41 Å². The molecule has 1 rings (SSSR count). The van der Waals surface area contributed by atoms with Gasteiger partial charge in [-0.25, -0.2) is 0 Å². The van der Waals surface area contributed by atoms with Gasteiger partial charge in [-0.05, 0) is 58.8 Å². The third kappa shape index (κ3) is 4.58. The van der Waals surface area contributed by atoms with Crippen molar-refractivity contribution in [1.29, 1.82) is 0 Å². The zero-order chi connectivity index (χ0) is 13.6. The molecule has 1 fully saturated rings. The van der Waals surface area contributed by atoms with E-state index in [1.54, 1.807) is 0 Å². The summed E-state index contributed by atoms with van der Waals surface area (Å²) in [5.74, 6) is 0.608. The molecule has 1 aliphatic rings. The molecule has 0 bridgehead atoms. The first-order valence-corrected chi connectivity index (χ1v) is 7.01.